The number of carboxylic acid groups (broad SMARTS) is 1. The van der Waals surface area contributed by atoms with E-state index in [1.165, 1.54) is 23.9 Å². The third kappa shape index (κ3) is 2.79. The molecule has 17 heavy (non-hydrogen) atoms. The molecule has 0 aliphatic carbocycles. The summed E-state index contributed by atoms with van der Waals surface area (Å²) in [6.45, 7) is 0. The van der Waals surface area contributed by atoms with Crippen LogP contribution in [0.3, 0.4) is 0 Å². The first-order chi connectivity index (χ1) is 8.16. The quantitative estimate of drug-likeness (QED) is 0.872. The average Bonchev–Trinajstić information content (AvgIpc) is 2.32. The summed E-state index contributed by atoms with van der Waals surface area (Å²) in [4.78, 5) is 12.7. The van der Waals surface area contributed by atoms with Crippen molar-refractivity contribution >= 4 is 17.7 Å². The lowest BCUT2D eigenvalue weighted by molar-refractivity contribution is 0.0693. The average molecular weight is 246 g/mol. The van der Waals surface area contributed by atoms with Crippen LogP contribution in [0.2, 0.25) is 0 Å². The van der Waals surface area contributed by atoms with E-state index in [0.717, 1.165) is 9.79 Å². The lowest BCUT2D eigenvalue weighted by atomic mass is 10.2. The van der Waals surface area contributed by atoms with Gasteiger partial charge in [0.2, 0.25) is 0 Å². The topological polar surface area (TPSA) is 57.5 Å². The van der Waals surface area contributed by atoms with Gasteiger partial charge in [0.25, 0.3) is 0 Å². The molecule has 2 N–H and O–H groups in total. The molecule has 0 saturated heterocycles. The van der Waals surface area contributed by atoms with E-state index in [0.29, 0.717) is 0 Å². The zero-order valence-corrected chi connectivity index (χ0v) is 9.65. The van der Waals surface area contributed by atoms with Gasteiger partial charge in [0, 0.05) is 9.79 Å². The summed E-state index contributed by atoms with van der Waals surface area (Å²) in [5.41, 5.74) is -0.0778. The SMILES string of the molecule is O=C(O)c1cc(Sc2ccccc2)ccc1O. The molecule has 0 fully saturated rings. The predicted octanol–water partition coefficient (Wildman–Crippen LogP) is 3.24. The van der Waals surface area contributed by atoms with Crippen molar-refractivity contribution < 1.29 is 15.0 Å². The highest BCUT2D eigenvalue weighted by molar-refractivity contribution is 7.99. The molecule has 0 radical (unpaired) electrons. The molecule has 4 heteroatoms. The second kappa shape index (κ2) is 4.93. The summed E-state index contributed by atoms with van der Waals surface area (Å²) in [6, 6.07) is 14.2. The van der Waals surface area contributed by atoms with E-state index in [2.05, 4.69) is 0 Å². The molecule has 0 aromatic heterocycles. The fourth-order valence-corrected chi connectivity index (χ4v) is 2.25. The van der Waals surface area contributed by atoms with Gasteiger partial charge >= 0.3 is 5.97 Å². The Kier molecular flexibility index (Phi) is 3.35. The first kappa shape index (κ1) is 11.5. The smallest absolute Gasteiger partial charge is 0.339 e. The van der Waals surface area contributed by atoms with E-state index in [9.17, 15) is 9.90 Å². The third-order valence-corrected chi connectivity index (χ3v) is 3.17. The number of carbonyl (C=O) groups is 1. The molecule has 0 atom stereocenters. The normalized spacial score (nSPS) is 10.1. The van der Waals surface area contributed by atoms with E-state index in [1.807, 2.05) is 30.3 Å². The molecule has 0 bridgehead atoms. The molecular weight excluding hydrogens is 236 g/mol. The van der Waals surface area contributed by atoms with Crippen molar-refractivity contribution in [2.45, 2.75) is 9.79 Å². The summed E-state index contributed by atoms with van der Waals surface area (Å²) in [5, 5.41) is 18.3. The Balaban J connectivity index is 2.29. The van der Waals surface area contributed by atoms with Crippen LogP contribution in [-0.4, -0.2) is 16.2 Å². The van der Waals surface area contributed by atoms with Crippen molar-refractivity contribution in [3.8, 4) is 5.75 Å². The summed E-state index contributed by atoms with van der Waals surface area (Å²) in [5.74, 6) is -1.34. The first-order valence-corrected chi connectivity index (χ1v) is 5.77. The van der Waals surface area contributed by atoms with Gasteiger partial charge in [0.05, 0.1) is 0 Å². The molecule has 0 spiro atoms. The summed E-state index contributed by atoms with van der Waals surface area (Å²) in [7, 11) is 0. The fraction of sp³-hybridized carbons (Fsp3) is 0. The molecular formula is C13H10O3S. The molecule has 3 nitrogen and oxygen atoms in total. The summed E-state index contributed by atoms with van der Waals surface area (Å²) < 4.78 is 0. The second-order valence-electron chi connectivity index (χ2n) is 3.40. The lowest BCUT2D eigenvalue weighted by Gasteiger charge is -2.04. The van der Waals surface area contributed by atoms with E-state index in [-0.39, 0.29) is 11.3 Å². The molecule has 0 saturated carbocycles. The third-order valence-electron chi connectivity index (χ3n) is 2.18. The van der Waals surface area contributed by atoms with Gasteiger partial charge < -0.3 is 10.2 Å². The number of benzene rings is 2. The molecule has 86 valence electrons. The Bertz CT molecular complexity index is 538. The van der Waals surface area contributed by atoms with E-state index in [4.69, 9.17) is 5.11 Å². The Morgan fingerprint density at radius 3 is 2.35 bits per heavy atom. The maximum Gasteiger partial charge on any atom is 0.339 e. The Morgan fingerprint density at radius 1 is 1.00 bits per heavy atom. The van der Waals surface area contributed by atoms with Crippen molar-refractivity contribution in [3.63, 3.8) is 0 Å². The Labute approximate surface area is 103 Å². The van der Waals surface area contributed by atoms with Gasteiger partial charge in [0.1, 0.15) is 11.3 Å². The van der Waals surface area contributed by atoms with Gasteiger partial charge in [-0.15, -0.1) is 0 Å². The minimum absolute atomic E-state index is 0.0778. The van der Waals surface area contributed by atoms with Crippen LogP contribution < -0.4 is 0 Å². The van der Waals surface area contributed by atoms with Crippen LogP contribution in [0.4, 0.5) is 0 Å². The number of hydrogen-bond donors (Lipinski definition) is 2. The molecule has 0 heterocycles. The standard InChI is InChI=1S/C13H10O3S/c14-12-7-6-10(8-11(12)13(15)16)17-9-4-2-1-3-5-9/h1-8,14H,(H,15,16). The van der Waals surface area contributed by atoms with Crippen LogP contribution in [-0.2, 0) is 0 Å². The maximum atomic E-state index is 10.9. The maximum absolute atomic E-state index is 10.9. The van der Waals surface area contributed by atoms with Crippen LogP contribution in [0.5, 0.6) is 5.75 Å². The fourth-order valence-electron chi connectivity index (χ4n) is 1.37. The highest BCUT2D eigenvalue weighted by atomic mass is 32.2. The molecule has 2 aromatic carbocycles. The van der Waals surface area contributed by atoms with E-state index >= 15 is 0 Å². The minimum atomic E-state index is -1.13. The highest BCUT2D eigenvalue weighted by Crippen LogP contribution is 2.30. The number of rotatable bonds is 3. The van der Waals surface area contributed by atoms with Crippen molar-refractivity contribution in [2.75, 3.05) is 0 Å². The zero-order chi connectivity index (χ0) is 12.3. The molecule has 0 amide bonds. The minimum Gasteiger partial charge on any atom is -0.507 e. The number of phenols is 1. The van der Waals surface area contributed by atoms with Gasteiger partial charge in [-0.2, -0.15) is 0 Å². The molecule has 2 rings (SSSR count). The van der Waals surface area contributed by atoms with Gasteiger partial charge in [-0.05, 0) is 30.3 Å². The van der Waals surface area contributed by atoms with Crippen molar-refractivity contribution in [3.05, 3.63) is 54.1 Å². The Hall–Kier alpha value is -1.94. The van der Waals surface area contributed by atoms with Crippen LogP contribution in [0, 0.1) is 0 Å². The van der Waals surface area contributed by atoms with Crippen LogP contribution in [0.1, 0.15) is 10.4 Å². The molecule has 0 aliphatic rings. The monoisotopic (exact) mass is 246 g/mol. The van der Waals surface area contributed by atoms with Crippen molar-refractivity contribution in [1.82, 2.24) is 0 Å². The molecule has 0 aliphatic heterocycles. The predicted molar refractivity (Wildman–Crippen MR) is 65.6 cm³/mol. The van der Waals surface area contributed by atoms with E-state index < -0.39 is 5.97 Å². The summed E-state index contributed by atoms with van der Waals surface area (Å²) >= 11 is 1.45. The molecule has 0 unspecified atom stereocenters. The number of carboxylic acids is 1. The lowest BCUT2D eigenvalue weighted by Crippen LogP contribution is -1.96. The van der Waals surface area contributed by atoms with Crippen LogP contribution in [0.15, 0.2) is 58.3 Å². The largest absolute Gasteiger partial charge is 0.507 e. The van der Waals surface area contributed by atoms with Crippen molar-refractivity contribution in [2.24, 2.45) is 0 Å². The van der Waals surface area contributed by atoms with Gasteiger partial charge in [-0.3, -0.25) is 0 Å². The van der Waals surface area contributed by atoms with E-state index in [1.54, 1.807) is 6.07 Å². The second-order valence-corrected chi connectivity index (χ2v) is 4.55. The van der Waals surface area contributed by atoms with Gasteiger partial charge in [0.15, 0.2) is 0 Å². The zero-order valence-electron chi connectivity index (χ0n) is 8.83. The highest BCUT2D eigenvalue weighted by Gasteiger charge is 2.10. The molecule has 2 aromatic rings. The van der Waals surface area contributed by atoms with Gasteiger partial charge in [-0.25, -0.2) is 4.79 Å². The number of aromatic carboxylic acids is 1. The van der Waals surface area contributed by atoms with Crippen LogP contribution in [0.25, 0.3) is 0 Å². The first-order valence-electron chi connectivity index (χ1n) is 4.96. The van der Waals surface area contributed by atoms with Gasteiger partial charge in [-0.1, -0.05) is 30.0 Å². The van der Waals surface area contributed by atoms with Crippen molar-refractivity contribution in [1.29, 1.82) is 0 Å². The summed E-state index contributed by atoms with van der Waals surface area (Å²) in [6.07, 6.45) is 0. The number of hydrogen-bond acceptors (Lipinski definition) is 3. The number of aromatic hydroxyl groups is 1. The Morgan fingerprint density at radius 2 is 1.71 bits per heavy atom. The van der Waals surface area contributed by atoms with Crippen LogP contribution >= 0.6 is 11.8 Å².